The van der Waals surface area contributed by atoms with E-state index in [1.54, 1.807) is 0 Å². The minimum absolute atomic E-state index is 0.346. The molecule has 0 unspecified atom stereocenters. The Kier molecular flexibility index (Phi) is 3.31. The molecule has 0 saturated carbocycles. The van der Waals surface area contributed by atoms with E-state index in [1.165, 1.54) is 0 Å². The van der Waals surface area contributed by atoms with E-state index >= 15 is 0 Å². The van der Waals surface area contributed by atoms with Gasteiger partial charge in [0.25, 0.3) is 0 Å². The molecular formula is C10H17N3OS. The third-order valence-corrected chi connectivity index (χ3v) is 3.75. The molecular weight excluding hydrogens is 210 g/mol. The predicted octanol–water partition coefficient (Wildman–Crippen LogP) is 1.70. The van der Waals surface area contributed by atoms with Crippen molar-refractivity contribution in [2.75, 3.05) is 11.5 Å². The summed E-state index contributed by atoms with van der Waals surface area (Å²) in [5, 5.41) is 4.01. The molecule has 2 heterocycles. The molecule has 0 spiro atoms. The Morgan fingerprint density at radius 2 is 2.20 bits per heavy atom. The van der Waals surface area contributed by atoms with Crippen molar-refractivity contribution in [1.29, 1.82) is 0 Å². The van der Waals surface area contributed by atoms with E-state index in [0.717, 1.165) is 43.1 Å². The van der Waals surface area contributed by atoms with Gasteiger partial charge < -0.3 is 10.3 Å². The van der Waals surface area contributed by atoms with Gasteiger partial charge in [-0.2, -0.15) is 16.7 Å². The summed E-state index contributed by atoms with van der Waals surface area (Å²) in [6.07, 6.45) is 3.76. The van der Waals surface area contributed by atoms with E-state index in [4.69, 9.17) is 10.3 Å². The van der Waals surface area contributed by atoms with Crippen LogP contribution in [0.5, 0.6) is 0 Å². The van der Waals surface area contributed by atoms with E-state index < -0.39 is 0 Å². The average molecular weight is 227 g/mol. The second-order valence-corrected chi connectivity index (χ2v) is 5.25. The van der Waals surface area contributed by atoms with Crippen molar-refractivity contribution >= 4 is 11.8 Å². The number of hydrogen-bond donors (Lipinski definition) is 1. The summed E-state index contributed by atoms with van der Waals surface area (Å²) in [5.74, 6) is 3.60. The van der Waals surface area contributed by atoms with Crippen LogP contribution in [-0.2, 0) is 12.0 Å². The van der Waals surface area contributed by atoms with E-state index in [0.29, 0.717) is 5.82 Å². The van der Waals surface area contributed by atoms with Crippen molar-refractivity contribution in [3.05, 3.63) is 11.7 Å². The number of nitrogens with two attached hydrogens (primary N) is 1. The molecule has 0 atom stereocenters. The lowest BCUT2D eigenvalue weighted by molar-refractivity contribution is 0.334. The van der Waals surface area contributed by atoms with Gasteiger partial charge in [-0.15, -0.1) is 0 Å². The lowest BCUT2D eigenvalue weighted by atomic mass is 9.93. The molecule has 15 heavy (non-hydrogen) atoms. The molecule has 1 saturated heterocycles. The maximum absolute atomic E-state index is 6.29. The van der Waals surface area contributed by atoms with Crippen LogP contribution in [-0.4, -0.2) is 21.6 Å². The Balaban J connectivity index is 2.12. The van der Waals surface area contributed by atoms with Gasteiger partial charge in [-0.05, 0) is 30.8 Å². The Bertz CT molecular complexity index is 320. The van der Waals surface area contributed by atoms with E-state index in [-0.39, 0.29) is 5.54 Å². The molecule has 0 aliphatic carbocycles. The normalized spacial score (nSPS) is 20.4. The van der Waals surface area contributed by atoms with Crippen LogP contribution in [0.1, 0.15) is 37.9 Å². The average Bonchev–Trinajstić information content (AvgIpc) is 2.69. The summed E-state index contributed by atoms with van der Waals surface area (Å²) in [6, 6.07) is 0. The summed E-state index contributed by atoms with van der Waals surface area (Å²) in [7, 11) is 0. The first-order valence-corrected chi connectivity index (χ1v) is 6.60. The minimum Gasteiger partial charge on any atom is -0.339 e. The summed E-state index contributed by atoms with van der Waals surface area (Å²) in [5.41, 5.74) is 5.95. The lowest BCUT2D eigenvalue weighted by Gasteiger charge is -2.29. The first kappa shape index (κ1) is 11.0. The van der Waals surface area contributed by atoms with Crippen LogP contribution in [0.25, 0.3) is 0 Å². The number of aromatic nitrogens is 2. The number of hydrogen-bond acceptors (Lipinski definition) is 5. The van der Waals surface area contributed by atoms with Crippen LogP contribution in [0, 0.1) is 0 Å². The van der Waals surface area contributed by atoms with Gasteiger partial charge in [0, 0.05) is 6.42 Å². The van der Waals surface area contributed by atoms with Gasteiger partial charge in [-0.1, -0.05) is 12.1 Å². The first-order valence-electron chi connectivity index (χ1n) is 5.44. The van der Waals surface area contributed by atoms with Gasteiger partial charge in [0.05, 0.1) is 5.54 Å². The fourth-order valence-corrected chi connectivity index (χ4v) is 2.95. The van der Waals surface area contributed by atoms with Crippen LogP contribution in [0.3, 0.4) is 0 Å². The van der Waals surface area contributed by atoms with Crippen molar-refractivity contribution in [1.82, 2.24) is 10.1 Å². The molecule has 84 valence electrons. The Morgan fingerprint density at radius 3 is 2.87 bits per heavy atom. The second kappa shape index (κ2) is 4.53. The molecule has 0 bridgehead atoms. The molecule has 2 N–H and O–H groups in total. The zero-order valence-corrected chi connectivity index (χ0v) is 9.85. The molecule has 4 nitrogen and oxygen atoms in total. The minimum atomic E-state index is -0.346. The van der Waals surface area contributed by atoms with Crippen molar-refractivity contribution in [3.8, 4) is 0 Å². The molecule has 1 aromatic rings. The van der Waals surface area contributed by atoms with Crippen LogP contribution >= 0.6 is 11.8 Å². The predicted molar refractivity (Wildman–Crippen MR) is 60.7 cm³/mol. The van der Waals surface area contributed by atoms with Crippen LogP contribution in [0.15, 0.2) is 4.52 Å². The van der Waals surface area contributed by atoms with Gasteiger partial charge in [0.2, 0.25) is 5.89 Å². The smallest absolute Gasteiger partial charge is 0.226 e. The zero-order chi connectivity index (χ0) is 10.7. The van der Waals surface area contributed by atoms with Crippen LogP contribution in [0.4, 0.5) is 0 Å². The Hall–Kier alpha value is -0.550. The van der Waals surface area contributed by atoms with Crippen LogP contribution < -0.4 is 5.73 Å². The van der Waals surface area contributed by atoms with E-state index in [9.17, 15) is 0 Å². The SMILES string of the molecule is CCCc1nc(C2(N)CCSCC2)no1. The maximum Gasteiger partial charge on any atom is 0.226 e. The summed E-state index contributed by atoms with van der Waals surface area (Å²) in [6.45, 7) is 2.10. The summed E-state index contributed by atoms with van der Waals surface area (Å²) < 4.78 is 5.18. The number of rotatable bonds is 3. The third kappa shape index (κ3) is 2.34. The summed E-state index contributed by atoms with van der Waals surface area (Å²) in [4.78, 5) is 4.38. The molecule has 0 radical (unpaired) electrons. The van der Waals surface area contributed by atoms with Gasteiger partial charge in [0.1, 0.15) is 0 Å². The molecule has 0 aromatic carbocycles. The summed E-state index contributed by atoms with van der Waals surface area (Å²) >= 11 is 1.94. The molecule has 1 fully saturated rings. The van der Waals surface area contributed by atoms with Crippen molar-refractivity contribution in [2.24, 2.45) is 5.73 Å². The van der Waals surface area contributed by atoms with Crippen LogP contribution in [0.2, 0.25) is 0 Å². The topological polar surface area (TPSA) is 64.9 Å². The number of nitrogens with zero attached hydrogens (tertiary/aromatic N) is 2. The van der Waals surface area contributed by atoms with Crippen molar-refractivity contribution < 1.29 is 4.52 Å². The highest BCUT2D eigenvalue weighted by atomic mass is 32.2. The Morgan fingerprint density at radius 1 is 1.47 bits per heavy atom. The lowest BCUT2D eigenvalue weighted by Crippen LogP contribution is -2.41. The highest BCUT2D eigenvalue weighted by Crippen LogP contribution is 2.31. The van der Waals surface area contributed by atoms with Gasteiger partial charge in [-0.3, -0.25) is 0 Å². The molecule has 1 aromatic heterocycles. The quantitative estimate of drug-likeness (QED) is 0.851. The fourth-order valence-electron chi connectivity index (χ4n) is 1.73. The first-order chi connectivity index (χ1) is 7.24. The zero-order valence-electron chi connectivity index (χ0n) is 9.03. The fraction of sp³-hybridized carbons (Fsp3) is 0.800. The molecule has 0 amide bonds. The third-order valence-electron chi connectivity index (χ3n) is 2.76. The molecule has 1 aliphatic heterocycles. The Labute approximate surface area is 94.0 Å². The molecule has 2 rings (SSSR count). The van der Waals surface area contributed by atoms with E-state index in [1.807, 2.05) is 11.8 Å². The number of thioether (sulfide) groups is 1. The second-order valence-electron chi connectivity index (χ2n) is 4.03. The number of aryl methyl sites for hydroxylation is 1. The molecule has 1 aliphatic rings. The highest BCUT2D eigenvalue weighted by molar-refractivity contribution is 7.99. The van der Waals surface area contributed by atoms with Crippen molar-refractivity contribution in [3.63, 3.8) is 0 Å². The van der Waals surface area contributed by atoms with Gasteiger partial charge in [-0.25, -0.2) is 0 Å². The van der Waals surface area contributed by atoms with Crippen molar-refractivity contribution in [2.45, 2.75) is 38.1 Å². The highest BCUT2D eigenvalue weighted by Gasteiger charge is 2.34. The largest absolute Gasteiger partial charge is 0.339 e. The monoisotopic (exact) mass is 227 g/mol. The maximum atomic E-state index is 6.29. The van der Waals surface area contributed by atoms with E-state index in [2.05, 4.69) is 17.1 Å². The van der Waals surface area contributed by atoms with Gasteiger partial charge in [0.15, 0.2) is 5.82 Å². The standard InChI is InChI=1S/C10H17N3OS/c1-2-3-8-12-9(13-14-8)10(11)4-6-15-7-5-10/h2-7,11H2,1H3. The molecule has 5 heteroatoms. The van der Waals surface area contributed by atoms with Gasteiger partial charge >= 0.3 is 0 Å².